The quantitative estimate of drug-likeness (QED) is 0.296. The van der Waals surface area contributed by atoms with Crippen LogP contribution in [0, 0.1) is 56.7 Å². The first-order chi connectivity index (χ1) is 22.5. The number of fused-ring (bicyclic) bond motifs is 2. The van der Waals surface area contributed by atoms with Crippen LogP contribution in [0.1, 0.15) is 106 Å². The SMILES string of the molecule is COC(C[C@@H](C)[C@H]1C[C@H](O)[C@@]2(C)C3CCC4C(C)(C)[C@@H](OC(=O)N5CCOCC5)CC[C@@]45CC35CC[C@]12C)[C@H](OC(=O)N(C)C)C(C)C. The summed E-state index contributed by atoms with van der Waals surface area (Å²) in [5.74, 6) is 1.82. The Morgan fingerprint density at radius 3 is 2.23 bits per heavy atom. The van der Waals surface area contributed by atoms with Crippen LogP contribution >= 0.6 is 0 Å². The van der Waals surface area contributed by atoms with Crippen molar-refractivity contribution in [3.05, 3.63) is 0 Å². The Morgan fingerprint density at radius 2 is 1.60 bits per heavy atom. The lowest BCUT2D eigenvalue weighted by molar-refractivity contribution is -0.183. The van der Waals surface area contributed by atoms with Crippen molar-refractivity contribution in [1.29, 1.82) is 0 Å². The summed E-state index contributed by atoms with van der Waals surface area (Å²) in [6.07, 6.45) is 8.14. The number of ether oxygens (including phenoxy) is 4. The van der Waals surface area contributed by atoms with Crippen molar-refractivity contribution >= 4 is 12.2 Å². The van der Waals surface area contributed by atoms with Gasteiger partial charge in [0.1, 0.15) is 12.2 Å². The van der Waals surface area contributed by atoms with Crippen LogP contribution < -0.4 is 0 Å². The largest absolute Gasteiger partial charge is 0.446 e. The van der Waals surface area contributed by atoms with Gasteiger partial charge in [0.2, 0.25) is 0 Å². The molecule has 0 bridgehead atoms. The van der Waals surface area contributed by atoms with Crippen molar-refractivity contribution in [1.82, 2.24) is 9.80 Å². The van der Waals surface area contributed by atoms with E-state index in [9.17, 15) is 14.7 Å². The van der Waals surface area contributed by atoms with Crippen LogP contribution in [0.4, 0.5) is 9.59 Å². The van der Waals surface area contributed by atoms with Crippen LogP contribution in [0.3, 0.4) is 0 Å². The van der Waals surface area contributed by atoms with E-state index in [0.717, 1.165) is 44.9 Å². The number of morpholine rings is 1. The highest BCUT2D eigenvalue weighted by Gasteiger charge is 2.83. The summed E-state index contributed by atoms with van der Waals surface area (Å²) in [7, 11) is 5.17. The molecule has 6 fully saturated rings. The number of carbonyl (C=O) groups is 2. The Balaban J connectivity index is 1.19. The molecule has 6 aliphatic rings. The van der Waals surface area contributed by atoms with Gasteiger partial charge in [-0.1, -0.05) is 48.5 Å². The van der Waals surface area contributed by atoms with E-state index < -0.39 is 0 Å². The summed E-state index contributed by atoms with van der Waals surface area (Å²) in [6.45, 7) is 18.6. The zero-order valence-electron chi connectivity index (χ0n) is 31.7. The van der Waals surface area contributed by atoms with Gasteiger partial charge < -0.3 is 33.9 Å². The molecule has 9 heteroatoms. The summed E-state index contributed by atoms with van der Waals surface area (Å²) in [5.41, 5.74) is 0.347. The molecule has 6 rings (SSSR count). The lowest BCUT2D eigenvalue weighted by Gasteiger charge is -2.64. The lowest BCUT2D eigenvalue weighted by Crippen LogP contribution is -2.60. The van der Waals surface area contributed by atoms with Gasteiger partial charge in [0.15, 0.2) is 0 Å². The molecule has 4 unspecified atom stereocenters. The van der Waals surface area contributed by atoms with Crippen LogP contribution in [0.5, 0.6) is 0 Å². The minimum Gasteiger partial charge on any atom is -0.446 e. The Kier molecular flexibility index (Phi) is 9.49. The van der Waals surface area contributed by atoms with Gasteiger partial charge in [-0.15, -0.1) is 0 Å². The molecule has 274 valence electrons. The molecule has 0 aromatic carbocycles. The molecule has 48 heavy (non-hydrogen) atoms. The van der Waals surface area contributed by atoms with E-state index in [4.69, 9.17) is 18.9 Å². The van der Waals surface area contributed by atoms with Crippen molar-refractivity contribution in [3.8, 4) is 0 Å². The van der Waals surface area contributed by atoms with Crippen LogP contribution in [-0.2, 0) is 18.9 Å². The predicted molar refractivity (Wildman–Crippen MR) is 184 cm³/mol. The fourth-order valence-electron chi connectivity index (χ4n) is 13.2. The highest BCUT2D eigenvalue weighted by Crippen LogP contribution is 2.89. The fraction of sp³-hybridized carbons (Fsp3) is 0.949. The number of rotatable bonds is 8. The molecule has 0 aromatic heterocycles. The first-order valence-corrected chi connectivity index (χ1v) is 19.1. The number of carbonyl (C=O) groups excluding carboxylic acids is 2. The third-order valence-electron chi connectivity index (χ3n) is 15.9. The van der Waals surface area contributed by atoms with Gasteiger partial charge in [-0.3, -0.25) is 0 Å². The maximum absolute atomic E-state index is 13.2. The topological polar surface area (TPSA) is 97.8 Å². The predicted octanol–water partition coefficient (Wildman–Crippen LogP) is 7.00. The second-order valence-electron chi connectivity index (χ2n) is 18.5. The number of hydrogen-bond acceptors (Lipinski definition) is 7. The molecule has 1 saturated heterocycles. The summed E-state index contributed by atoms with van der Waals surface area (Å²) < 4.78 is 23.8. The van der Waals surface area contributed by atoms with Gasteiger partial charge in [0.25, 0.3) is 0 Å². The highest BCUT2D eigenvalue weighted by molar-refractivity contribution is 5.68. The summed E-state index contributed by atoms with van der Waals surface area (Å²) >= 11 is 0. The van der Waals surface area contributed by atoms with E-state index >= 15 is 0 Å². The molecule has 2 amide bonds. The lowest BCUT2D eigenvalue weighted by atomic mass is 9.41. The molecule has 12 atom stereocenters. The van der Waals surface area contributed by atoms with Gasteiger partial charge in [-0.2, -0.15) is 0 Å². The Bertz CT molecular complexity index is 1220. The smallest absolute Gasteiger partial charge is 0.410 e. The van der Waals surface area contributed by atoms with E-state index in [1.165, 1.54) is 17.7 Å². The van der Waals surface area contributed by atoms with Gasteiger partial charge in [-0.05, 0) is 104 Å². The zero-order chi connectivity index (χ0) is 35.0. The number of aliphatic hydroxyl groups excluding tert-OH is 1. The second kappa shape index (κ2) is 12.6. The Morgan fingerprint density at radius 1 is 0.958 bits per heavy atom. The second-order valence-corrected chi connectivity index (χ2v) is 18.5. The average molecular weight is 675 g/mol. The summed E-state index contributed by atoms with van der Waals surface area (Å²) in [4.78, 5) is 29.0. The first kappa shape index (κ1) is 36.2. The van der Waals surface area contributed by atoms with E-state index in [0.29, 0.717) is 50.0 Å². The number of hydrogen-bond donors (Lipinski definition) is 1. The molecule has 5 aliphatic carbocycles. The van der Waals surface area contributed by atoms with E-state index in [1.54, 1.807) is 21.2 Å². The van der Waals surface area contributed by atoms with Crippen LogP contribution in [0.15, 0.2) is 0 Å². The zero-order valence-corrected chi connectivity index (χ0v) is 31.7. The molecule has 0 aromatic rings. The normalized spacial score (nSPS) is 43.2. The van der Waals surface area contributed by atoms with Crippen molar-refractivity contribution < 1.29 is 33.6 Å². The summed E-state index contributed by atoms with van der Waals surface area (Å²) in [5, 5.41) is 12.2. The van der Waals surface area contributed by atoms with Gasteiger partial charge in [0, 0.05) is 45.1 Å². The minimum atomic E-state index is -0.335. The highest BCUT2D eigenvalue weighted by atomic mass is 16.6. The van der Waals surface area contributed by atoms with Crippen molar-refractivity contribution in [3.63, 3.8) is 0 Å². The summed E-state index contributed by atoms with van der Waals surface area (Å²) in [6, 6.07) is 0. The van der Waals surface area contributed by atoms with E-state index in [-0.39, 0.29) is 69.6 Å². The number of nitrogens with zero attached hydrogens (tertiary/aromatic N) is 2. The number of methoxy groups -OCH3 is 1. The van der Waals surface area contributed by atoms with Crippen molar-refractivity contribution in [2.75, 3.05) is 47.5 Å². The molecule has 0 radical (unpaired) electrons. The Hall–Kier alpha value is -1.58. The van der Waals surface area contributed by atoms with E-state index in [1.807, 2.05) is 4.90 Å². The average Bonchev–Trinajstić information content (AvgIpc) is 3.66. The van der Waals surface area contributed by atoms with Crippen LogP contribution in [0.2, 0.25) is 0 Å². The minimum absolute atomic E-state index is 0.0186. The molecule has 9 nitrogen and oxygen atoms in total. The number of amides is 2. The fourth-order valence-corrected chi connectivity index (χ4v) is 13.2. The third-order valence-corrected chi connectivity index (χ3v) is 15.9. The standard InChI is InChI=1S/C39H66N2O7/c1-24(2)32(48-33(43)40(8)9)27(45-10)21-25(3)26-22-30(42)37(7)29-12-11-28-35(4,5)31(47-34(44)41-17-19-46-20-18-41)13-14-38(28)23-39(29,38)16-15-36(26,37)6/h24-32,42H,11-23H2,1-10H3/t25-,26-,27?,28?,29?,30+,31+,32-,36-,37-,38-,39?/m1/s1. The third kappa shape index (κ3) is 5.24. The number of aliphatic hydroxyl groups is 1. The van der Waals surface area contributed by atoms with Gasteiger partial charge in [-0.25, -0.2) is 9.59 Å². The molecule has 1 N–H and O–H groups in total. The maximum atomic E-state index is 13.2. The maximum Gasteiger partial charge on any atom is 0.410 e. The molecule has 1 aliphatic heterocycles. The Labute approximate surface area is 290 Å². The molecular formula is C39H66N2O7. The van der Waals surface area contributed by atoms with Crippen molar-refractivity contribution in [2.45, 2.75) is 131 Å². The van der Waals surface area contributed by atoms with E-state index in [2.05, 4.69) is 48.5 Å². The van der Waals surface area contributed by atoms with Gasteiger partial charge in [0.05, 0.1) is 25.4 Å². The van der Waals surface area contributed by atoms with Crippen LogP contribution in [0.25, 0.3) is 0 Å². The molecule has 1 heterocycles. The first-order valence-electron chi connectivity index (χ1n) is 19.1. The molecule has 2 spiro atoms. The van der Waals surface area contributed by atoms with Crippen molar-refractivity contribution in [2.24, 2.45) is 56.7 Å². The molecular weight excluding hydrogens is 608 g/mol. The molecule has 5 saturated carbocycles. The monoisotopic (exact) mass is 674 g/mol. The van der Waals surface area contributed by atoms with Crippen LogP contribution in [-0.4, -0.2) is 99.0 Å². The van der Waals surface area contributed by atoms with Gasteiger partial charge >= 0.3 is 12.2 Å².